The van der Waals surface area contributed by atoms with Gasteiger partial charge in [-0.1, -0.05) is 35.3 Å². The summed E-state index contributed by atoms with van der Waals surface area (Å²) in [4.78, 5) is 39.0. The molecule has 38 heavy (non-hydrogen) atoms. The van der Waals surface area contributed by atoms with E-state index in [4.69, 9.17) is 32.7 Å². The van der Waals surface area contributed by atoms with E-state index >= 15 is 0 Å². The van der Waals surface area contributed by atoms with E-state index in [1.807, 2.05) is 31.2 Å². The number of nitrogens with one attached hydrogen (secondary N) is 1. The first-order valence-electron chi connectivity index (χ1n) is 11.4. The number of benzene rings is 3. The summed E-state index contributed by atoms with van der Waals surface area (Å²) >= 11 is 15.4. The predicted octanol–water partition coefficient (Wildman–Crippen LogP) is 7.25. The molecular weight excluding hydrogens is 662 g/mol. The highest BCUT2D eigenvalue weighted by molar-refractivity contribution is 14.1. The van der Waals surface area contributed by atoms with Crippen molar-refractivity contribution in [3.05, 3.63) is 90.3 Å². The number of imide groups is 1. The third-order valence-electron chi connectivity index (χ3n) is 5.23. The number of thioether (sulfide) groups is 1. The molecule has 4 rings (SSSR count). The first kappa shape index (κ1) is 28.3. The molecule has 0 bridgehead atoms. The highest BCUT2D eigenvalue weighted by Gasteiger charge is 2.36. The van der Waals surface area contributed by atoms with Gasteiger partial charge in [-0.3, -0.25) is 19.3 Å². The minimum atomic E-state index is -0.560. The van der Waals surface area contributed by atoms with Crippen molar-refractivity contribution >= 4 is 86.4 Å². The zero-order valence-electron chi connectivity index (χ0n) is 20.0. The van der Waals surface area contributed by atoms with Crippen LogP contribution in [0.2, 0.25) is 10.0 Å². The van der Waals surface area contributed by atoms with Crippen molar-refractivity contribution in [3.63, 3.8) is 0 Å². The van der Waals surface area contributed by atoms with E-state index in [1.165, 1.54) is 0 Å². The van der Waals surface area contributed by atoms with Gasteiger partial charge in [-0.25, -0.2) is 0 Å². The second-order valence-corrected chi connectivity index (χ2v) is 11.1. The summed E-state index contributed by atoms with van der Waals surface area (Å²) in [6.07, 6.45) is 1.54. The van der Waals surface area contributed by atoms with Crippen LogP contribution >= 0.6 is 57.6 Å². The number of halogens is 3. The molecule has 3 aromatic carbocycles. The lowest BCUT2D eigenvalue weighted by atomic mass is 10.1. The Bertz CT molecular complexity index is 1400. The number of carbonyl (C=O) groups is 3. The lowest BCUT2D eigenvalue weighted by molar-refractivity contribution is -0.127. The van der Waals surface area contributed by atoms with Crippen LogP contribution in [0.25, 0.3) is 6.08 Å². The van der Waals surface area contributed by atoms with Gasteiger partial charge in [0.15, 0.2) is 11.5 Å². The first-order chi connectivity index (χ1) is 18.2. The SMILES string of the molecule is CCOc1cc(/C=C2/SC(=O)N(CC(=O)Nc3ccc(I)cc3)C2=O)cc(Cl)c1OCc1ccc(Cl)cc1. The molecule has 1 aliphatic rings. The molecule has 0 spiro atoms. The van der Waals surface area contributed by atoms with E-state index in [0.29, 0.717) is 34.4 Å². The Morgan fingerprint density at radius 3 is 2.45 bits per heavy atom. The Morgan fingerprint density at radius 2 is 1.76 bits per heavy atom. The van der Waals surface area contributed by atoms with Crippen LogP contribution in [0, 0.1) is 3.57 Å². The van der Waals surface area contributed by atoms with Crippen LogP contribution in [-0.2, 0) is 16.2 Å². The van der Waals surface area contributed by atoms with E-state index < -0.39 is 23.6 Å². The van der Waals surface area contributed by atoms with E-state index in [2.05, 4.69) is 27.9 Å². The summed E-state index contributed by atoms with van der Waals surface area (Å²) < 4.78 is 12.7. The van der Waals surface area contributed by atoms with Crippen LogP contribution in [0.15, 0.2) is 65.6 Å². The van der Waals surface area contributed by atoms with E-state index in [1.54, 1.807) is 42.5 Å². The Labute approximate surface area is 247 Å². The van der Waals surface area contributed by atoms with Crippen LogP contribution in [0.4, 0.5) is 10.5 Å². The maximum atomic E-state index is 12.9. The fraction of sp³-hybridized carbons (Fsp3) is 0.148. The van der Waals surface area contributed by atoms with Crippen LogP contribution < -0.4 is 14.8 Å². The van der Waals surface area contributed by atoms with Gasteiger partial charge in [0.25, 0.3) is 11.1 Å². The van der Waals surface area contributed by atoms with E-state index in [-0.39, 0.29) is 16.5 Å². The third kappa shape index (κ3) is 7.22. The number of anilines is 1. The van der Waals surface area contributed by atoms with Crippen molar-refractivity contribution in [1.82, 2.24) is 4.90 Å². The number of hydrogen-bond acceptors (Lipinski definition) is 6. The van der Waals surface area contributed by atoms with Crippen LogP contribution in [-0.4, -0.2) is 35.1 Å². The van der Waals surface area contributed by atoms with Crippen molar-refractivity contribution in [2.24, 2.45) is 0 Å². The van der Waals surface area contributed by atoms with Gasteiger partial charge in [0.2, 0.25) is 5.91 Å². The fourth-order valence-electron chi connectivity index (χ4n) is 3.48. The summed E-state index contributed by atoms with van der Waals surface area (Å²) in [5.74, 6) is -0.272. The molecule has 7 nitrogen and oxygen atoms in total. The molecule has 1 N–H and O–H groups in total. The molecule has 3 aromatic rings. The normalized spacial score (nSPS) is 14.2. The van der Waals surface area contributed by atoms with Crippen molar-refractivity contribution < 1.29 is 23.9 Å². The molecule has 0 saturated carbocycles. The number of hydrogen-bond donors (Lipinski definition) is 1. The van der Waals surface area contributed by atoms with E-state index in [9.17, 15) is 14.4 Å². The van der Waals surface area contributed by atoms with Gasteiger partial charge >= 0.3 is 0 Å². The van der Waals surface area contributed by atoms with Crippen molar-refractivity contribution in [2.45, 2.75) is 13.5 Å². The minimum Gasteiger partial charge on any atom is -0.490 e. The second kappa shape index (κ2) is 12.9. The molecule has 0 atom stereocenters. The average Bonchev–Trinajstić information content (AvgIpc) is 3.13. The maximum Gasteiger partial charge on any atom is 0.294 e. The smallest absolute Gasteiger partial charge is 0.294 e. The number of amides is 3. The standard InChI is InChI=1S/C27H21Cl2IN2O5S/c1-2-36-22-12-17(11-21(29)25(22)37-15-16-3-5-18(28)6-4-16)13-23-26(34)32(27(35)38-23)14-24(33)31-20-9-7-19(30)8-10-20/h3-13H,2,14-15H2,1H3,(H,31,33)/b23-13+. The summed E-state index contributed by atoms with van der Waals surface area (Å²) in [7, 11) is 0. The molecule has 0 aromatic heterocycles. The molecule has 1 heterocycles. The maximum absolute atomic E-state index is 12.9. The van der Waals surface area contributed by atoms with Crippen molar-refractivity contribution in [3.8, 4) is 11.5 Å². The molecule has 1 aliphatic heterocycles. The highest BCUT2D eigenvalue weighted by atomic mass is 127. The summed E-state index contributed by atoms with van der Waals surface area (Å²) in [6.45, 7) is 2.05. The lowest BCUT2D eigenvalue weighted by Crippen LogP contribution is -2.36. The Hall–Kier alpha value is -2.73. The van der Waals surface area contributed by atoms with Crippen molar-refractivity contribution in [1.29, 1.82) is 0 Å². The number of ether oxygens (including phenoxy) is 2. The van der Waals surface area contributed by atoms with Crippen LogP contribution in [0.1, 0.15) is 18.1 Å². The molecule has 11 heteroatoms. The third-order valence-corrected chi connectivity index (χ3v) is 7.39. The predicted molar refractivity (Wildman–Crippen MR) is 159 cm³/mol. The quantitative estimate of drug-likeness (QED) is 0.189. The number of rotatable bonds is 9. The van der Waals surface area contributed by atoms with Crippen LogP contribution in [0.5, 0.6) is 11.5 Å². The van der Waals surface area contributed by atoms with Crippen LogP contribution in [0.3, 0.4) is 0 Å². The monoisotopic (exact) mass is 682 g/mol. The summed E-state index contributed by atoms with van der Waals surface area (Å²) in [5, 5.41) is 3.07. The molecular formula is C27H21Cl2IN2O5S. The van der Waals surface area contributed by atoms with Gasteiger partial charge in [-0.05, 0) is 107 Å². The van der Waals surface area contributed by atoms with Gasteiger partial charge in [0.05, 0.1) is 16.5 Å². The first-order valence-corrected chi connectivity index (χ1v) is 14.0. The van der Waals surface area contributed by atoms with Gasteiger partial charge in [-0.2, -0.15) is 0 Å². The molecule has 1 fully saturated rings. The molecule has 0 radical (unpaired) electrons. The van der Waals surface area contributed by atoms with Gasteiger partial charge in [-0.15, -0.1) is 0 Å². The Kier molecular flexibility index (Phi) is 9.59. The van der Waals surface area contributed by atoms with Gasteiger partial charge in [0, 0.05) is 14.3 Å². The largest absolute Gasteiger partial charge is 0.490 e. The zero-order chi connectivity index (χ0) is 27.2. The summed E-state index contributed by atoms with van der Waals surface area (Å²) in [5.41, 5.74) is 2.03. The van der Waals surface area contributed by atoms with Gasteiger partial charge in [0.1, 0.15) is 13.2 Å². The highest BCUT2D eigenvalue weighted by Crippen LogP contribution is 2.39. The Morgan fingerprint density at radius 1 is 1.05 bits per heavy atom. The van der Waals surface area contributed by atoms with Gasteiger partial charge < -0.3 is 14.8 Å². The molecule has 196 valence electrons. The number of carbonyl (C=O) groups excluding carboxylic acids is 3. The Balaban J connectivity index is 1.48. The number of nitrogens with zero attached hydrogens (tertiary/aromatic N) is 1. The second-order valence-electron chi connectivity index (χ2n) is 8.00. The summed E-state index contributed by atoms with van der Waals surface area (Å²) in [6, 6.07) is 17.7. The lowest BCUT2D eigenvalue weighted by Gasteiger charge is -2.15. The van der Waals surface area contributed by atoms with Crippen molar-refractivity contribution in [2.75, 3.05) is 18.5 Å². The molecule has 0 aliphatic carbocycles. The average molecular weight is 683 g/mol. The topological polar surface area (TPSA) is 84.9 Å². The molecule has 3 amide bonds. The molecule has 1 saturated heterocycles. The minimum absolute atomic E-state index is 0.172. The fourth-order valence-corrected chi connectivity index (χ4v) is 5.07. The molecule has 0 unspecified atom stereocenters. The zero-order valence-corrected chi connectivity index (χ0v) is 24.5. The van der Waals surface area contributed by atoms with E-state index in [0.717, 1.165) is 25.8 Å².